The molecule has 2 rings (SSSR count). The molecule has 0 aromatic carbocycles. The summed E-state index contributed by atoms with van der Waals surface area (Å²) in [5.41, 5.74) is 4.92. The number of nitrogens with two attached hydrogens (primary N) is 1. The number of aryl methyl sites for hydroxylation is 4. The predicted molar refractivity (Wildman–Crippen MR) is 145 cm³/mol. The van der Waals surface area contributed by atoms with E-state index < -0.39 is 35.7 Å². The van der Waals surface area contributed by atoms with E-state index >= 15 is 0 Å². The third-order valence-electron chi connectivity index (χ3n) is 5.10. The molecule has 3 N–H and O–H groups in total. The molecule has 18 nitrogen and oxygen atoms in total. The van der Waals surface area contributed by atoms with E-state index in [9.17, 15) is 14.4 Å². The summed E-state index contributed by atoms with van der Waals surface area (Å²) in [5, 5.41) is 41.8. The van der Waals surface area contributed by atoms with Crippen LogP contribution in [0.4, 0.5) is 4.79 Å². The zero-order valence-electron chi connectivity index (χ0n) is 24.2. The van der Waals surface area contributed by atoms with E-state index in [1.54, 1.807) is 20.8 Å². The van der Waals surface area contributed by atoms with Gasteiger partial charge in [0.05, 0.1) is 52.3 Å². The van der Waals surface area contributed by atoms with Gasteiger partial charge in [0, 0.05) is 12.8 Å². The SMILES string of the molecule is COC(=O)[C@@H](N)CCc1nnnn1CCC#N.COC(=O)[C@H](CCc1nnnn1CCC#N)NC(=O)OC(C)(C)C.Cl. The van der Waals surface area contributed by atoms with Crippen LogP contribution in [0.3, 0.4) is 0 Å². The van der Waals surface area contributed by atoms with E-state index in [4.69, 9.17) is 25.7 Å². The number of rotatable bonds is 13. The Hall–Kier alpha value is -4.42. The van der Waals surface area contributed by atoms with Crippen molar-refractivity contribution in [1.82, 2.24) is 45.7 Å². The Morgan fingerprint density at radius 1 is 0.905 bits per heavy atom. The number of aromatic nitrogens is 8. The lowest BCUT2D eigenvalue weighted by Gasteiger charge is -2.22. The lowest BCUT2D eigenvalue weighted by molar-refractivity contribution is -0.143. The Morgan fingerprint density at radius 3 is 1.81 bits per heavy atom. The van der Waals surface area contributed by atoms with Gasteiger partial charge in [0.1, 0.15) is 17.7 Å². The number of carbonyl (C=O) groups is 3. The average Bonchev–Trinajstić information content (AvgIpc) is 3.58. The van der Waals surface area contributed by atoms with E-state index in [-0.39, 0.29) is 25.2 Å². The number of hydrogen-bond donors (Lipinski definition) is 2. The van der Waals surface area contributed by atoms with Crippen molar-refractivity contribution in [2.24, 2.45) is 5.73 Å². The van der Waals surface area contributed by atoms with E-state index in [2.05, 4.69) is 41.1 Å². The van der Waals surface area contributed by atoms with Gasteiger partial charge in [0.25, 0.3) is 0 Å². The van der Waals surface area contributed by atoms with Gasteiger partial charge in [-0.25, -0.2) is 19.0 Å². The summed E-state index contributed by atoms with van der Waals surface area (Å²) in [4.78, 5) is 34.8. The van der Waals surface area contributed by atoms with Crippen LogP contribution in [0.1, 0.15) is 58.1 Å². The number of amides is 1. The second-order valence-electron chi connectivity index (χ2n) is 9.38. The van der Waals surface area contributed by atoms with E-state index in [1.807, 2.05) is 12.1 Å². The monoisotopic (exact) mass is 612 g/mol. The number of hydrogen-bond acceptors (Lipinski definition) is 15. The number of alkyl carbamates (subject to hydrolysis) is 1. The Labute approximate surface area is 249 Å². The Bertz CT molecular complexity index is 1200. The molecule has 0 saturated heterocycles. The number of nitriles is 2. The smallest absolute Gasteiger partial charge is 0.408 e. The molecule has 0 bridgehead atoms. The summed E-state index contributed by atoms with van der Waals surface area (Å²) in [5.74, 6) is 0.0858. The van der Waals surface area contributed by atoms with Crippen molar-refractivity contribution in [3.63, 3.8) is 0 Å². The maximum absolute atomic E-state index is 11.8. The van der Waals surface area contributed by atoms with Gasteiger partial charge in [-0.3, -0.25) is 4.79 Å². The number of carbonyl (C=O) groups excluding carboxylic acids is 3. The minimum Gasteiger partial charge on any atom is -0.468 e. The van der Waals surface area contributed by atoms with Gasteiger partial charge in [-0.05, 0) is 54.5 Å². The van der Waals surface area contributed by atoms with Crippen LogP contribution in [0.25, 0.3) is 0 Å². The van der Waals surface area contributed by atoms with Crippen LogP contribution in [0.15, 0.2) is 0 Å². The van der Waals surface area contributed by atoms with Gasteiger partial charge in [-0.1, -0.05) is 0 Å². The largest absolute Gasteiger partial charge is 0.468 e. The van der Waals surface area contributed by atoms with Crippen molar-refractivity contribution in [3.05, 3.63) is 11.6 Å². The topological polar surface area (TPSA) is 252 Å². The molecule has 0 aliphatic heterocycles. The third-order valence-corrected chi connectivity index (χ3v) is 5.10. The van der Waals surface area contributed by atoms with Crippen molar-refractivity contribution in [1.29, 1.82) is 10.5 Å². The highest BCUT2D eigenvalue weighted by Crippen LogP contribution is 2.09. The van der Waals surface area contributed by atoms with Gasteiger partial charge in [0.15, 0.2) is 11.6 Å². The fraction of sp³-hybridized carbons (Fsp3) is 0.696. The molecular formula is C23H37ClN12O6. The lowest BCUT2D eigenvalue weighted by atomic mass is 10.1. The van der Waals surface area contributed by atoms with Gasteiger partial charge in [-0.15, -0.1) is 22.6 Å². The molecule has 1 amide bonds. The molecule has 2 heterocycles. The fourth-order valence-corrected chi connectivity index (χ4v) is 3.13. The second-order valence-corrected chi connectivity index (χ2v) is 9.38. The molecule has 0 saturated carbocycles. The first-order valence-electron chi connectivity index (χ1n) is 12.6. The van der Waals surface area contributed by atoms with Crippen LogP contribution < -0.4 is 11.1 Å². The van der Waals surface area contributed by atoms with Crippen molar-refractivity contribution in [2.45, 2.75) is 90.1 Å². The highest BCUT2D eigenvalue weighted by Gasteiger charge is 2.25. The highest BCUT2D eigenvalue weighted by molar-refractivity contribution is 5.85. The van der Waals surface area contributed by atoms with E-state index in [0.29, 0.717) is 50.4 Å². The Morgan fingerprint density at radius 2 is 1.38 bits per heavy atom. The molecule has 2 aromatic heterocycles. The summed E-state index contributed by atoms with van der Waals surface area (Å²) in [7, 11) is 2.53. The first-order chi connectivity index (χ1) is 19.4. The number of methoxy groups -OCH3 is 2. The molecule has 2 aromatic rings. The molecular weight excluding hydrogens is 576 g/mol. The van der Waals surface area contributed by atoms with E-state index in [0.717, 1.165) is 0 Å². The molecule has 2 atom stereocenters. The van der Waals surface area contributed by atoms with Crippen LogP contribution in [0, 0.1) is 22.7 Å². The molecule has 0 aliphatic carbocycles. The van der Waals surface area contributed by atoms with Crippen molar-refractivity contribution >= 4 is 30.4 Å². The highest BCUT2D eigenvalue weighted by atomic mass is 35.5. The summed E-state index contributed by atoms with van der Waals surface area (Å²) in [6, 6.07) is 2.46. The molecule has 0 spiro atoms. The molecule has 42 heavy (non-hydrogen) atoms. The molecule has 0 aliphatic rings. The fourth-order valence-electron chi connectivity index (χ4n) is 3.13. The number of esters is 2. The summed E-state index contributed by atoms with van der Waals surface area (Å²) in [6.45, 7) is 5.97. The summed E-state index contributed by atoms with van der Waals surface area (Å²) >= 11 is 0. The third kappa shape index (κ3) is 14.3. The summed E-state index contributed by atoms with van der Waals surface area (Å²) < 4.78 is 17.4. The van der Waals surface area contributed by atoms with Crippen LogP contribution in [0.5, 0.6) is 0 Å². The molecule has 0 unspecified atom stereocenters. The van der Waals surface area contributed by atoms with Crippen LogP contribution in [-0.4, -0.2) is 90.4 Å². The van der Waals surface area contributed by atoms with Crippen LogP contribution in [-0.2, 0) is 49.7 Å². The molecule has 0 fully saturated rings. The second kappa shape index (κ2) is 19.6. The number of halogens is 1. The standard InChI is InChI=1S/C14H22N6O4.C9H14N6O2.ClH/c1-14(2,3)24-13(22)16-10(12(21)23-4)6-7-11-17-18-19-20(11)9-5-8-15;1-17-9(16)7(11)3-4-8-12-13-14-15(8)6-2-5-10;/h10H,5-7,9H2,1-4H3,(H,16,22);7H,2-4,6,11H2,1H3;1H/t10-;7-;/m00./s1. The van der Waals surface area contributed by atoms with Gasteiger partial charge >= 0.3 is 18.0 Å². The van der Waals surface area contributed by atoms with Gasteiger partial charge in [-0.2, -0.15) is 10.5 Å². The lowest BCUT2D eigenvalue weighted by Crippen LogP contribution is -2.44. The molecule has 19 heteroatoms. The van der Waals surface area contributed by atoms with Crippen LogP contribution >= 0.6 is 12.4 Å². The number of ether oxygens (including phenoxy) is 3. The van der Waals surface area contributed by atoms with Crippen LogP contribution in [0.2, 0.25) is 0 Å². The molecule has 0 radical (unpaired) electrons. The molecule has 232 valence electrons. The quantitative estimate of drug-likeness (QED) is 0.223. The minimum absolute atomic E-state index is 0. The zero-order valence-corrected chi connectivity index (χ0v) is 25.0. The maximum atomic E-state index is 11.8. The van der Waals surface area contributed by atoms with Gasteiger partial charge < -0.3 is 25.3 Å². The first kappa shape index (κ1) is 37.6. The zero-order chi connectivity index (χ0) is 30.8. The number of tetrazole rings is 2. The van der Waals surface area contributed by atoms with Gasteiger partial charge in [0.2, 0.25) is 0 Å². The Kier molecular flexibility index (Phi) is 17.6. The Balaban J connectivity index is 0.000000825. The first-order valence-corrected chi connectivity index (χ1v) is 12.6. The van der Waals surface area contributed by atoms with Crippen molar-refractivity contribution in [2.75, 3.05) is 14.2 Å². The van der Waals surface area contributed by atoms with E-state index in [1.165, 1.54) is 23.6 Å². The average molecular weight is 613 g/mol. The van der Waals surface area contributed by atoms with Crippen molar-refractivity contribution in [3.8, 4) is 12.1 Å². The predicted octanol–water partition coefficient (Wildman–Crippen LogP) is 0.0272. The minimum atomic E-state index is -0.883. The van der Waals surface area contributed by atoms with Crippen molar-refractivity contribution < 1.29 is 28.6 Å². The maximum Gasteiger partial charge on any atom is 0.408 e. The summed E-state index contributed by atoms with van der Waals surface area (Å²) in [6.07, 6.45) is 1.33. The number of nitrogens with one attached hydrogen (secondary N) is 1. The number of nitrogens with zero attached hydrogens (tertiary/aromatic N) is 10. The normalized spacial score (nSPS) is 11.7.